The summed E-state index contributed by atoms with van der Waals surface area (Å²) in [6.07, 6.45) is 0.494. The Balaban J connectivity index is 1.06. The Hall–Kier alpha value is -6.29. The van der Waals surface area contributed by atoms with E-state index in [1.807, 2.05) is 12.1 Å². The molecule has 0 bridgehead atoms. The first kappa shape index (κ1) is 54.3. The van der Waals surface area contributed by atoms with Crippen LogP contribution in [0.15, 0.2) is 66.0 Å². The molecule has 0 saturated heterocycles. The fraction of sp³-hybridized carbons (Fsp3) is 0.479. The lowest BCUT2D eigenvalue weighted by molar-refractivity contribution is -0.121. The number of rotatable bonds is 31. The Kier molecular flexibility index (Phi) is 22.0. The minimum absolute atomic E-state index is 0.0123. The molecule has 1 aliphatic rings. The van der Waals surface area contributed by atoms with Gasteiger partial charge in [0, 0.05) is 19.5 Å². The number of hydrogen-bond donors (Lipinski definition) is 4. The average Bonchev–Trinajstić information content (AvgIpc) is 3.59. The maximum absolute atomic E-state index is 13.5. The summed E-state index contributed by atoms with van der Waals surface area (Å²) in [5, 5.41) is 6.61. The van der Waals surface area contributed by atoms with E-state index in [0.29, 0.717) is 87.8 Å². The number of nitrogens with zero attached hydrogens (tertiary/aromatic N) is 2. The van der Waals surface area contributed by atoms with Crippen LogP contribution in [0.3, 0.4) is 0 Å². The van der Waals surface area contributed by atoms with Gasteiger partial charge in [-0.05, 0) is 60.7 Å². The van der Waals surface area contributed by atoms with Gasteiger partial charge in [0.25, 0.3) is 17.7 Å². The molecular formula is C48H66N6O14. The highest BCUT2D eigenvalue weighted by Crippen LogP contribution is 2.35. The summed E-state index contributed by atoms with van der Waals surface area (Å²) in [5.41, 5.74) is 8.39. The first-order chi connectivity index (χ1) is 32.7. The number of ether oxygens (including phenoxy) is 9. The third kappa shape index (κ3) is 15.6. The number of nitrogens with one attached hydrogen (secondary N) is 2. The number of hydrazine groups is 1. The number of carbonyl (C=O) groups is 5. The van der Waals surface area contributed by atoms with E-state index < -0.39 is 23.8 Å². The van der Waals surface area contributed by atoms with E-state index in [0.717, 1.165) is 10.5 Å². The van der Waals surface area contributed by atoms with E-state index in [4.69, 9.17) is 54.2 Å². The molecule has 1 unspecified atom stereocenters. The van der Waals surface area contributed by atoms with Crippen LogP contribution in [0.5, 0.6) is 23.0 Å². The molecule has 372 valence electrons. The number of aldehydes is 1. The smallest absolute Gasteiger partial charge is 0.273 e. The molecule has 20 heteroatoms. The van der Waals surface area contributed by atoms with Crippen LogP contribution in [-0.4, -0.2) is 141 Å². The topological polar surface area (TPSA) is 251 Å². The summed E-state index contributed by atoms with van der Waals surface area (Å²) in [7, 11) is 4.51. The van der Waals surface area contributed by atoms with E-state index in [2.05, 4.69) is 31.4 Å². The number of methoxy groups -OCH3 is 2. The second kappa shape index (κ2) is 27.5. The molecule has 6 N–H and O–H groups in total. The number of amides is 4. The molecule has 1 aliphatic heterocycles. The Morgan fingerprint density at radius 3 is 1.84 bits per heavy atom. The van der Waals surface area contributed by atoms with Crippen LogP contribution >= 0.6 is 0 Å². The zero-order valence-electron chi connectivity index (χ0n) is 40.0. The molecule has 0 aromatic heterocycles. The fourth-order valence-electron chi connectivity index (χ4n) is 6.63. The van der Waals surface area contributed by atoms with Crippen molar-refractivity contribution in [1.82, 2.24) is 10.2 Å². The van der Waals surface area contributed by atoms with Gasteiger partial charge in [0.2, 0.25) is 5.91 Å². The molecule has 20 nitrogen and oxygen atoms in total. The normalized spacial score (nSPS) is 13.1. The van der Waals surface area contributed by atoms with Crippen LogP contribution in [0, 0.1) is 0 Å². The van der Waals surface area contributed by atoms with Crippen LogP contribution in [0.25, 0.3) is 0 Å². The summed E-state index contributed by atoms with van der Waals surface area (Å²) >= 11 is 0. The van der Waals surface area contributed by atoms with Gasteiger partial charge in [-0.15, -0.1) is 0 Å². The van der Waals surface area contributed by atoms with Crippen LogP contribution in [0.4, 0.5) is 11.4 Å². The number of anilines is 2. The number of hydrogen-bond acceptors (Lipinski definition) is 17. The van der Waals surface area contributed by atoms with Gasteiger partial charge in [-0.1, -0.05) is 32.9 Å². The predicted octanol–water partition coefficient (Wildman–Crippen LogP) is 3.74. The number of carbonyl (C=O) groups excluding carboxylic acids is 5. The van der Waals surface area contributed by atoms with Crippen molar-refractivity contribution >= 4 is 41.3 Å². The van der Waals surface area contributed by atoms with E-state index in [1.165, 1.54) is 32.3 Å². The summed E-state index contributed by atoms with van der Waals surface area (Å²) in [6.45, 7) is 11.4. The van der Waals surface area contributed by atoms with Gasteiger partial charge >= 0.3 is 0 Å². The molecule has 3 aromatic rings. The standard InChI is InChI=1S/C48H66N6O14/c1-32(54(50)38-30-35(60-6)13-15-40(38)61-7)44(49)45(57)52-37-29-33(48(2,3)4)11-14-39(37)67-27-25-65-23-21-63-19-17-62-18-20-64-22-24-66-26-28-68-41-10-8-9-36-43(41)47(59)53(46(36)58)34(31-55)12-16-42(56)51-5/h8-11,13-15,29-31,34H,12,16-28,49-50H2,1-7H3,(H,51,56)(H,52,57)/b44-32-. The summed E-state index contributed by atoms with van der Waals surface area (Å²) < 4.78 is 50.5. The van der Waals surface area contributed by atoms with Gasteiger partial charge in [-0.2, -0.15) is 0 Å². The Morgan fingerprint density at radius 1 is 0.750 bits per heavy atom. The highest BCUT2D eigenvalue weighted by molar-refractivity contribution is 6.23. The second-order valence-corrected chi connectivity index (χ2v) is 16.2. The van der Waals surface area contributed by atoms with Crippen LogP contribution in [-0.2, 0) is 43.5 Å². The van der Waals surface area contributed by atoms with Gasteiger partial charge < -0.3 is 63.8 Å². The SMILES string of the molecule is CNC(=O)CCC(C=O)N1C(=O)c2cccc(OCCOCCOCCOCCOCCOCCOc3ccc(C(C)(C)C)cc3NC(=O)/C(N)=C(\C)N(N)c3cc(OC)ccc3OC)c2C1=O. The number of benzene rings is 3. The van der Waals surface area contributed by atoms with Gasteiger partial charge in [0.05, 0.1) is 109 Å². The molecule has 4 rings (SSSR count). The zero-order valence-corrected chi connectivity index (χ0v) is 40.0. The molecule has 1 atom stereocenters. The number of imide groups is 1. The Bertz CT molecular complexity index is 2200. The Morgan fingerprint density at radius 2 is 1.31 bits per heavy atom. The molecule has 3 aromatic carbocycles. The van der Waals surface area contributed by atoms with E-state index >= 15 is 0 Å². The highest BCUT2D eigenvalue weighted by Gasteiger charge is 2.42. The van der Waals surface area contributed by atoms with Crippen molar-refractivity contribution in [3.05, 3.63) is 82.7 Å². The lowest BCUT2D eigenvalue weighted by atomic mass is 9.87. The highest BCUT2D eigenvalue weighted by atomic mass is 16.6. The van der Waals surface area contributed by atoms with Crippen molar-refractivity contribution in [1.29, 1.82) is 0 Å². The van der Waals surface area contributed by atoms with Crippen molar-refractivity contribution in [2.45, 2.75) is 52.0 Å². The summed E-state index contributed by atoms with van der Waals surface area (Å²) in [5.74, 6) is 5.93. The van der Waals surface area contributed by atoms with Crippen LogP contribution in [0.1, 0.15) is 66.8 Å². The van der Waals surface area contributed by atoms with Crippen molar-refractivity contribution in [3.63, 3.8) is 0 Å². The Labute approximate surface area is 397 Å². The average molecular weight is 951 g/mol. The third-order valence-corrected chi connectivity index (χ3v) is 10.5. The molecule has 0 aliphatic carbocycles. The monoisotopic (exact) mass is 950 g/mol. The second-order valence-electron chi connectivity index (χ2n) is 16.2. The van der Waals surface area contributed by atoms with E-state index in [-0.39, 0.29) is 78.9 Å². The largest absolute Gasteiger partial charge is 0.497 e. The fourth-order valence-corrected chi connectivity index (χ4v) is 6.63. The molecule has 0 radical (unpaired) electrons. The zero-order chi connectivity index (χ0) is 49.6. The minimum atomic E-state index is -1.07. The first-order valence-electron chi connectivity index (χ1n) is 22.2. The van der Waals surface area contributed by atoms with Gasteiger partial charge in [0.15, 0.2) is 0 Å². The molecular weight excluding hydrogens is 885 g/mol. The first-order valence-corrected chi connectivity index (χ1v) is 22.2. The third-order valence-electron chi connectivity index (χ3n) is 10.5. The van der Waals surface area contributed by atoms with E-state index in [9.17, 15) is 24.0 Å². The summed E-state index contributed by atoms with van der Waals surface area (Å²) in [4.78, 5) is 63.9. The van der Waals surface area contributed by atoms with Gasteiger partial charge in [-0.25, -0.2) is 5.84 Å². The molecule has 68 heavy (non-hydrogen) atoms. The van der Waals surface area contributed by atoms with Gasteiger partial charge in [0.1, 0.15) is 53.9 Å². The van der Waals surface area contributed by atoms with Crippen molar-refractivity contribution in [2.75, 3.05) is 111 Å². The number of fused-ring (bicyclic) bond motifs is 1. The molecule has 0 saturated carbocycles. The lowest BCUT2D eigenvalue weighted by Gasteiger charge is -2.24. The number of nitrogens with two attached hydrogens (primary N) is 2. The van der Waals surface area contributed by atoms with Crippen molar-refractivity contribution in [3.8, 4) is 23.0 Å². The van der Waals surface area contributed by atoms with Crippen molar-refractivity contribution in [2.24, 2.45) is 11.6 Å². The van der Waals surface area contributed by atoms with Crippen LogP contribution < -0.4 is 46.2 Å². The molecule has 0 spiro atoms. The number of allylic oxidation sites excluding steroid dienone is 1. The molecule has 1 heterocycles. The lowest BCUT2D eigenvalue weighted by Crippen LogP contribution is -2.41. The molecule has 0 fully saturated rings. The maximum atomic E-state index is 13.5. The van der Waals surface area contributed by atoms with Gasteiger partial charge in [-0.3, -0.25) is 29.1 Å². The predicted molar refractivity (Wildman–Crippen MR) is 252 cm³/mol. The van der Waals surface area contributed by atoms with Crippen molar-refractivity contribution < 1.29 is 66.6 Å². The summed E-state index contributed by atoms with van der Waals surface area (Å²) in [6, 6.07) is 14.3. The quantitative estimate of drug-likeness (QED) is 0.0179. The van der Waals surface area contributed by atoms with E-state index in [1.54, 1.807) is 43.3 Å². The molecule has 4 amide bonds. The minimum Gasteiger partial charge on any atom is -0.497 e. The van der Waals surface area contributed by atoms with Crippen LogP contribution in [0.2, 0.25) is 0 Å². The maximum Gasteiger partial charge on any atom is 0.273 e.